The van der Waals surface area contributed by atoms with Crippen molar-refractivity contribution in [3.63, 3.8) is 0 Å². The summed E-state index contributed by atoms with van der Waals surface area (Å²) >= 11 is 1.95. The predicted octanol–water partition coefficient (Wildman–Crippen LogP) is 9.53. The van der Waals surface area contributed by atoms with Gasteiger partial charge in [0.1, 0.15) is 0 Å². The highest BCUT2D eigenvalue weighted by molar-refractivity contribution is 7.26. The number of fused-ring (bicyclic) bond motifs is 9. The second-order valence-electron chi connectivity index (χ2n) is 9.17. The minimum atomic E-state index is 1.16. The van der Waals surface area contributed by atoms with Gasteiger partial charge >= 0.3 is 0 Å². The lowest BCUT2D eigenvalue weighted by Crippen LogP contribution is -1.83. The molecule has 6 aromatic rings. The highest BCUT2D eigenvalue weighted by Crippen LogP contribution is 2.41. The Balaban J connectivity index is 1.55. The molecule has 2 heterocycles. The summed E-state index contributed by atoms with van der Waals surface area (Å²) in [4.78, 5) is 3.77. The van der Waals surface area contributed by atoms with E-state index in [1.165, 1.54) is 96.0 Å². The van der Waals surface area contributed by atoms with Gasteiger partial charge in [-0.05, 0) is 48.9 Å². The summed E-state index contributed by atoms with van der Waals surface area (Å²) in [5.41, 5.74) is 5.43. The zero-order valence-corrected chi connectivity index (χ0v) is 19.7. The molecule has 1 N–H and O–H groups in total. The van der Waals surface area contributed by atoms with Crippen LogP contribution in [0.5, 0.6) is 0 Å². The molecule has 0 spiro atoms. The number of aromatic nitrogens is 1. The van der Waals surface area contributed by atoms with Crippen molar-refractivity contribution in [3.8, 4) is 0 Å². The van der Waals surface area contributed by atoms with Crippen molar-refractivity contribution in [2.75, 3.05) is 0 Å². The maximum Gasteiger partial charge on any atom is 0.0545 e. The average molecular weight is 436 g/mol. The van der Waals surface area contributed by atoms with Crippen molar-refractivity contribution in [1.29, 1.82) is 0 Å². The summed E-state index contributed by atoms with van der Waals surface area (Å²) in [5.74, 6) is 0. The van der Waals surface area contributed by atoms with Gasteiger partial charge in [0.25, 0.3) is 0 Å². The fourth-order valence-electron chi connectivity index (χ4n) is 5.18. The van der Waals surface area contributed by atoms with Crippen LogP contribution in [0.1, 0.15) is 50.7 Å². The number of aryl methyl sites for hydroxylation is 2. The van der Waals surface area contributed by atoms with E-state index < -0.39 is 0 Å². The third kappa shape index (κ3) is 3.12. The highest BCUT2D eigenvalue weighted by atomic mass is 32.1. The Morgan fingerprint density at radius 3 is 1.91 bits per heavy atom. The molecular formula is C30H29NS. The first-order chi connectivity index (χ1) is 15.8. The first kappa shape index (κ1) is 19.8. The Morgan fingerprint density at radius 1 is 0.625 bits per heavy atom. The zero-order valence-electron chi connectivity index (χ0n) is 18.9. The number of aromatic amines is 1. The summed E-state index contributed by atoms with van der Waals surface area (Å²) in [6.45, 7) is 4.52. The van der Waals surface area contributed by atoms with Crippen molar-refractivity contribution < 1.29 is 0 Å². The number of rotatable bonds is 6. The number of hydrogen-bond donors (Lipinski definition) is 1. The van der Waals surface area contributed by atoms with E-state index in [1.54, 1.807) is 0 Å². The fourth-order valence-corrected chi connectivity index (χ4v) is 6.47. The second-order valence-corrected chi connectivity index (χ2v) is 10.2. The SMILES string of the molecule is CCCCc1ccc2c(c1)[nH]c1c2ccc2c1ccc1c3ccc(CCCC)cc3sc12. The Hall–Kier alpha value is -2.84. The molecule has 0 atom stereocenters. The Kier molecular flexibility index (Phi) is 4.91. The summed E-state index contributed by atoms with van der Waals surface area (Å²) in [6.07, 6.45) is 7.33. The minimum absolute atomic E-state index is 1.16. The van der Waals surface area contributed by atoms with Gasteiger partial charge < -0.3 is 4.98 Å². The molecule has 0 amide bonds. The van der Waals surface area contributed by atoms with Gasteiger partial charge in [-0.1, -0.05) is 75.2 Å². The first-order valence-corrected chi connectivity index (χ1v) is 12.9. The molecule has 4 aromatic carbocycles. The molecule has 0 saturated carbocycles. The van der Waals surface area contributed by atoms with Crippen molar-refractivity contribution in [2.24, 2.45) is 0 Å². The van der Waals surface area contributed by atoms with Crippen LogP contribution >= 0.6 is 11.3 Å². The van der Waals surface area contributed by atoms with E-state index in [1.807, 2.05) is 11.3 Å². The number of benzene rings is 4. The number of thiophene rings is 1. The molecule has 6 rings (SSSR count). The van der Waals surface area contributed by atoms with E-state index in [-0.39, 0.29) is 0 Å². The van der Waals surface area contributed by atoms with Gasteiger partial charge in [0.05, 0.1) is 5.52 Å². The molecule has 2 heteroatoms. The number of hydrogen-bond acceptors (Lipinski definition) is 1. The molecule has 160 valence electrons. The van der Waals surface area contributed by atoms with Crippen LogP contribution in [0, 0.1) is 0 Å². The standard InChI is InChI=1S/C30H29NS/c1-3-5-7-19-9-11-21-23-13-16-26-24(29(23)31-27(21)17-19)14-15-25-22-12-10-20(8-6-4-2)18-28(22)32-30(25)26/h9-18,31H,3-8H2,1-2H3. The average Bonchev–Trinajstić information content (AvgIpc) is 3.38. The molecule has 0 radical (unpaired) electrons. The smallest absolute Gasteiger partial charge is 0.0545 e. The normalized spacial score (nSPS) is 12.2. The van der Waals surface area contributed by atoms with Gasteiger partial charge in [0, 0.05) is 47.2 Å². The summed E-state index contributed by atoms with van der Waals surface area (Å²) in [6, 6.07) is 23.4. The first-order valence-electron chi connectivity index (χ1n) is 12.1. The van der Waals surface area contributed by atoms with Crippen LogP contribution in [-0.4, -0.2) is 4.98 Å². The maximum absolute atomic E-state index is 3.77. The topological polar surface area (TPSA) is 15.8 Å². The van der Waals surface area contributed by atoms with Crippen molar-refractivity contribution in [2.45, 2.75) is 52.4 Å². The molecular weight excluding hydrogens is 406 g/mol. The molecule has 0 aliphatic heterocycles. The number of unbranched alkanes of at least 4 members (excludes halogenated alkanes) is 2. The molecule has 2 aromatic heterocycles. The third-order valence-electron chi connectivity index (χ3n) is 6.97. The molecule has 1 nitrogen and oxygen atoms in total. The maximum atomic E-state index is 3.77. The molecule has 32 heavy (non-hydrogen) atoms. The van der Waals surface area contributed by atoms with E-state index >= 15 is 0 Å². The summed E-state index contributed by atoms with van der Waals surface area (Å²) in [7, 11) is 0. The lowest BCUT2D eigenvalue weighted by atomic mass is 10.0. The van der Waals surface area contributed by atoms with Crippen LogP contribution in [-0.2, 0) is 12.8 Å². The summed E-state index contributed by atoms with van der Waals surface area (Å²) < 4.78 is 2.83. The predicted molar refractivity (Wildman–Crippen MR) is 143 cm³/mol. The van der Waals surface area contributed by atoms with E-state index in [0.29, 0.717) is 0 Å². The minimum Gasteiger partial charge on any atom is -0.354 e. The van der Waals surface area contributed by atoms with Gasteiger partial charge in [-0.15, -0.1) is 11.3 Å². The Morgan fingerprint density at radius 2 is 1.19 bits per heavy atom. The van der Waals surface area contributed by atoms with Gasteiger partial charge in [0.15, 0.2) is 0 Å². The lowest BCUT2D eigenvalue weighted by molar-refractivity contribution is 0.796. The third-order valence-corrected chi connectivity index (χ3v) is 8.17. The summed E-state index contributed by atoms with van der Waals surface area (Å²) in [5, 5.41) is 8.14. The fraction of sp³-hybridized carbons (Fsp3) is 0.267. The zero-order chi connectivity index (χ0) is 21.7. The number of nitrogens with one attached hydrogen (secondary N) is 1. The van der Waals surface area contributed by atoms with Crippen molar-refractivity contribution in [3.05, 3.63) is 71.8 Å². The van der Waals surface area contributed by atoms with Crippen molar-refractivity contribution >= 4 is 64.1 Å². The monoisotopic (exact) mass is 435 g/mol. The Labute approximate surface area is 193 Å². The van der Waals surface area contributed by atoms with Crippen LogP contribution in [0.2, 0.25) is 0 Å². The lowest BCUT2D eigenvalue weighted by Gasteiger charge is -2.02. The van der Waals surface area contributed by atoms with Gasteiger partial charge in [-0.2, -0.15) is 0 Å². The van der Waals surface area contributed by atoms with E-state index in [9.17, 15) is 0 Å². The van der Waals surface area contributed by atoms with Crippen LogP contribution in [0.3, 0.4) is 0 Å². The van der Waals surface area contributed by atoms with Gasteiger partial charge in [-0.3, -0.25) is 0 Å². The van der Waals surface area contributed by atoms with Crippen LogP contribution in [0.15, 0.2) is 60.7 Å². The quantitative estimate of drug-likeness (QED) is 0.268. The molecule has 0 unspecified atom stereocenters. The van der Waals surface area contributed by atoms with E-state index in [0.717, 1.165) is 6.42 Å². The van der Waals surface area contributed by atoms with Crippen LogP contribution < -0.4 is 0 Å². The van der Waals surface area contributed by atoms with Crippen molar-refractivity contribution in [1.82, 2.24) is 4.98 Å². The molecule has 0 fully saturated rings. The second kappa shape index (κ2) is 7.94. The van der Waals surface area contributed by atoms with E-state index in [2.05, 4.69) is 79.5 Å². The highest BCUT2D eigenvalue weighted by Gasteiger charge is 2.13. The number of H-pyrrole nitrogens is 1. The molecule has 0 aliphatic rings. The molecule has 0 saturated heterocycles. The van der Waals surface area contributed by atoms with E-state index in [4.69, 9.17) is 0 Å². The largest absolute Gasteiger partial charge is 0.354 e. The van der Waals surface area contributed by atoms with Gasteiger partial charge in [0.2, 0.25) is 0 Å². The van der Waals surface area contributed by atoms with Gasteiger partial charge in [-0.25, -0.2) is 0 Å². The van der Waals surface area contributed by atoms with Crippen LogP contribution in [0.4, 0.5) is 0 Å². The Bertz CT molecular complexity index is 1480. The molecule has 0 bridgehead atoms. The molecule has 0 aliphatic carbocycles. The van der Waals surface area contributed by atoms with Crippen LogP contribution in [0.25, 0.3) is 52.8 Å².